The second-order valence-electron chi connectivity index (χ2n) is 10.1. The van der Waals surface area contributed by atoms with Gasteiger partial charge in [0.05, 0.1) is 10.9 Å². The fraction of sp³-hybridized carbons (Fsp3) is 0.345. The number of hydrogen-bond donors (Lipinski definition) is 5. The van der Waals surface area contributed by atoms with Gasteiger partial charge in [-0.15, -0.1) is 0 Å². The van der Waals surface area contributed by atoms with Gasteiger partial charge >= 0.3 is 11.7 Å². The maximum Gasteiger partial charge on any atom is 0.329 e. The number of aromatic nitrogens is 3. The molecule has 5 N–H and O–H groups in total. The van der Waals surface area contributed by atoms with Crippen molar-refractivity contribution in [2.75, 3.05) is 12.0 Å². The first-order valence-electron chi connectivity index (χ1n) is 13.2. The van der Waals surface area contributed by atoms with E-state index in [1.165, 1.54) is 11.8 Å². The maximum atomic E-state index is 13.9. The lowest BCUT2D eigenvalue weighted by molar-refractivity contribution is -0.142. The van der Waals surface area contributed by atoms with Gasteiger partial charge in [0.25, 0.3) is 5.56 Å². The molecule has 0 spiro atoms. The van der Waals surface area contributed by atoms with Crippen molar-refractivity contribution < 1.29 is 19.5 Å². The van der Waals surface area contributed by atoms with Crippen molar-refractivity contribution in [3.63, 3.8) is 0 Å². The molecule has 0 saturated heterocycles. The summed E-state index contributed by atoms with van der Waals surface area (Å²) in [5.74, 6) is -2.45. The van der Waals surface area contributed by atoms with Crippen molar-refractivity contribution in [1.82, 2.24) is 25.2 Å². The van der Waals surface area contributed by atoms with Gasteiger partial charge in [-0.1, -0.05) is 44.2 Å². The van der Waals surface area contributed by atoms with Crippen LogP contribution in [0.1, 0.15) is 31.9 Å². The van der Waals surface area contributed by atoms with Gasteiger partial charge in [0.15, 0.2) is 0 Å². The summed E-state index contributed by atoms with van der Waals surface area (Å²) in [5.41, 5.74) is 0.467. The zero-order valence-electron chi connectivity index (χ0n) is 23.0. The van der Waals surface area contributed by atoms with E-state index in [-0.39, 0.29) is 18.2 Å². The number of carbonyl (C=O) groups excluding carboxylic acids is 2. The van der Waals surface area contributed by atoms with Crippen molar-refractivity contribution in [2.24, 2.45) is 5.92 Å². The number of nitrogens with zero attached hydrogens (tertiary/aromatic N) is 1. The summed E-state index contributed by atoms with van der Waals surface area (Å²) in [6.07, 6.45) is 3.75. The lowest BCUT2D eigenvalue weighted by Crippen LogP contribution is -2.56. The van der Waals surface area contributed by atoms with Crippen LogP contribution in [0.4, 0.5) is 0 Å². The van der Waals surface area contributed by atoms with Gasteiger partial charge in [0.2, 0.25) is 11.8 Å². The quantitative estimate of drug-likeness (QED) is 0.172. The second-order valence-corrected chi connectivity index (χ2v) is 11.1. The topological polar surface area (TPSA) is 166 Å². The number of aliphatic carboxylic acids is 1. The Morgan fingerprint density at radius 1 is 0.951 bits per heavy atom. The molecule has 3 unspecified atom stereocenters. The molecule has 3 atom stereocenters. The van der Waals surface area contributed by atoms with Gasteiger partial charge < -0.3 is 25.7 Å². The van der Waals surface area contributed by atoms with E-state index in [1.54, 1.807) is 44.3 Å². The first-order chi connectivity index (χ1) is 19.6. The number of fused-ring (bicyclic) bond motifs is 2. The molecule has 4 aromatic rings. The number of amides is 2. The molecule has 2 amide bonds. The molecule has 12 heteroatoms. The Bertz CT molecular complexity index is 1690. The zero-order valence-corrected chi connectivity index (χ0v) is 23.8. The van der Waals surface area contributed by atoms with E-state index in [4.69, 9.17) is 0 Å². The van der Waals surface area contributed by atoms with Crippen LogP contribution in [0.25, 0.3) is 21.8 Å². The number of carbonyl (C=O) groups is 3. The van der Waals surface area contributed by atoms with Gasteiger partial charge in [-0.2, -0.15) is 11.8 Å². The van der Waals surface area contributed by atoms with Crippen molar-refractivity contribution >= 4 is 51.4 Å². The van der Waals surface area contributed by atoms with E-state index in [2.05, 4.69) is 20.6 Å². The van der Waals surface area contributed by atoms with Crippen LogP contribution in [0.5, 0.6) is 0 Å². The SMILES string of the molecule is CSCCC(NC(=O)C(NC(=O)C(Cc1c[nH]c2ccccc12)n1c(=O)[nH]c2ccccc2c1=O)C(C)C)C(=O)O. The monoisotopic (exact) mass is 579 g/mol. The van der Waals surface area contributed by atoms with Crippen LogP contribution in [0.3, 0.4) is 0 Å². The number of para-hydroxylation sites is 2. The summed E-state index contributed by atoms with van der Waals surface area (Å²) in [6.45, 7) is 3.43. The molecule has 2 heterocycles. The molecule has 216 valence electrons. The molecule has 0 radical (unpaired) electrons. The number of nitrogens with one attached hydrogen (secondary N) is 4. The first kappa shape index (κ1) is 29.7. The lowest BCUT2D eigenvalue weighted by Gasteiger charge is -2.26. The molecule has 0 saturated carbocycles. The predicted molar refractivity (Wildman–Crippen MR) is 159 cm³/mol. The van der Waals surface area contributed by atoms with Gasteiger partial charge in [0.1, 0.15) is 18.1 Å². The minimum atomic E-state index is -1.31. The summed E-state index contributed by atoms with van der Waals surface area (Å²) in [7, 11) is 0. The standard InChI is InChI=1S/C29H33N5O6S/c1-16(2)24(26(36)31-22(28(38)39)12-13-41-3)33-25(35)23(14-17-15-30-20-10-6-4-8-18(17)20)34-27(37)19-9-5-7-11-21(19)32-29(34)40/h4-11,15-16,22-24,30H,12-14H2,1-3H3,(H,31,36)(H,32,40)(H,33,35)(H,38,39). The van der Waals surface area contributed by atoms with Crippen molar-refractivity contribution in [2.45, 2.75) is 44.8 Å². The normalized spacial score (nSPS) is 13.7. The highest BCUT2D eigenvalue weighted by Crippen LogP contribution is 2.23. The second kappa shape index (κ2) is 12.9. The molecule has 2 aromatic heterocycles. The molecule has 4 rings (SSSR count). The van der Waals surface area contributed by atoms with Crippen molar-refractivity contribution in [3.8, 4) is 0 Å². The minimum Gasteiger partial charge on any atom is -0.480 e. The average molecular weight is 580 g/mol. The fourth-order valence-electron chi connectivity index (χ4n) is 4.81. The van der Waals surface area contributed by atoms with Crippen molar-refractivity contribution in [1.29, 1.82) is 0 Å². The molecule has 11 nitrogen and oxygen atoms in total. The van der Waals surface area contributed by atoms with E-state index >= 15 is 0 Å². The third-order valence-corrected chi connectivity index (χ3v) is 7.66. The number of carboxylic acids is 1. The minimum absolute atomic E-state index is 0.0188. The highest BCUT2D eigenvalue weighted by molar-refractivity contribution is 7.98. The molecule has 0 bridgehead atoms. The Morgan fingerprint density at radius 3 is 2.27 bits per heavy atom. The smallest absolute Gasteiger partial charge is 0.329 e. The van der Waals surface area contributed by atoms with E-state index in [0.717, 1.165) is 15.5 Å². The van der Waals surface area contributed by atoms with Crippen LogP contribution in [0.2, 0.25) is 0 Å². The van der Waals surface area contributed by atoms with E-state index in [1.807, 2.05) is 30.5 Å². The lowest BCUT2D eigenvalue weighted by atomic mass is 10.00. The molecule has 2 aromatic carbocycles. The number of carboxylic acid groups (broad SMARTS) is 1. The van der Waals surface area contributed by atoms with Gasteiger partial charge in [-0.3, -0.25) is 14.4 Å². The molecule has 0 aliphatic carbocycles. The summed E-state index contributed by atoms with van der Waals surface area (Å²) in [4.78, 5) is 71.5. The van der Waals surface area contributed by atoms with Gasteiger partial charge in [0, 0.05) is 23.5 Å². The summed E-state index contributed by atoms with van der Waals surface area (Å²) in [6, 6.07) is 10.4. The molecular weight excluding hydrogens is 546 g/mol. The third-order valence-electron chi connectivity index (χ3n) is 7.01. The van der Waals surface area contributed by atoms with E-state index in [0.29, 0.717) is 16.8 Å². The fourth-order valence-corrected chi connectivity index (χ4v) is 5.28. The third kappa shape index (κ3) is 6.54. The molecular formula is C29H33N5O6S. The summed E-state index contributed by atoms with van der Waals surface area (Å²) >= 11 is 1.46. The molecule has 0 fully saturated rings. The average Bonchev–Trinajstić information content (AvgIpc) is 3.35. The zero-order chi connectivity index (χ0) is 29.7. The van der Waals surface area contributed by atoms with Gasteiger partial charge in [-0.25, -0.2) is 14.2 Å². The predicted octanol–water partition coefficient (Wildman–Crippen LogP) is 2.42. The van der Waals surface area contributed by atoms with Crippen LogP contribution in [-0.2, 0) is 20.8 Å². The maximum absolute atomic E-state index is 13.9. The van der Waals surface area contributed by atoms with Crippen LogP contribution in [-0.4, -0.2) is 61.5 Å². The molecule has 41 heavy (non-hydrogen) atoms. The number of hydrogen-bond acceptors (Lipinski definition) is 6. The Labute approximate surface area is 239 Å². The molecule has 0 aliphatic heterocycles. The number of rotatable bonds is 12. The Balaban J connectivity index is 1.73. The Morgan fingerprint density at radius 2 is 1.61 bits per heavy atom. The summed E-state index contributed by atoms with van der Waals surface area (Å²) < 4.78 is 0.882. The van der Waals surface area contributed by atoms with Crippen LogP contribution in [0.15, 0.2) is 64.3 Å². The highest BCUT2D eigenvalue weighted by atomic mass is 32.2. The number of benzene rings is 2. The van der Waals surface area contributed by atoms with Gasteiger partial charge in [-0.05, 0) is 48.1 Å². The number of aromatic amines is 2. The van der Waals surface area contributed by atoms with Crippen molar-refractivity contribution in [3.05, 3.63) is 81.1 Å². The van der Waals surface area contributed by atoms with E-state index in [9.17, 15) is 29.1 Å². The van der Waals surface area contributed by atoms with E-state index < -0.39 is 53.1 Å². The Kier molecular flexibility index (Phi) is 9.33. The molecule has 0 aliphatic rings. The van der Waals surface area contributed by atoms with Crippen LogP contribution >= 0.6 is 11.8 Å². The van der Waals surface area contributed by atoms with Crippen LogP contribution < -0.4 is 21.9 Å². The van der Waals surface area contributed by atoms with Crippen LogP contribution in [0, 0.1) is 5.92 Å². The largest absolute Gasteiger partial charge is 0.480 e. The Hall–Kier alpha value is -4.32. The number of thioether (sulfide) groups is 1. The first-order valence-corrected chi connectivity index (χ1v) is 14.6. The summed E-state index contributed by atoms with van der Waals surface area (Å²) in [5, 5.41) is 15.9. The number of H-pyrrole nitrogens is 2. The highest BCUT2D eigenvalue weighted by Gasteiger charge is 2.33.